The number of hydrogen-bond acceptors (Lipinski definition) is 5. The molecule has 0 spiro atoms. The number of nitrogens with one attached hydrogen (secondary N) is 2. The largest absolute Gasteiger partial charge is 0.508 e. The van der Waals surface area contributed by atoms with Gasteiger partial charge in [0.25, 0.3) is 0 Å². The van der Waals surface area contributed by atoms with E-state index in [2.05, 4.69) is 10.6 Å². The van der Waals surface area contributed by atoms with Gasteiger partial charge in [-0.1, -0.05) is 60.1 Å². The lowest BCUT2D eigenvalue weighted by Crippen LogP contribution is -2.45. The molecule has 0 fully saturated rings. The van der Waals surface area contributed by atoms with Crippen molar-refractivity contribution in [1.29, 1.82) is 0 Å². The Labute approximate surface area is 200 Å². The molecule has 1 aliphatic rings. The minimum atomic E-state index is -1.40. The van der Waals surface area contributed by atoms with Gasteiger partial charge in [-0.3, -0.25) is 9.59 Å². The highest BCUT2D eigenvalue weighted by Gasteiger charge is 2.30. The summed E-state index contributed by atoms with van der Waals surface area (Å²) in [5.41, 5.74) is 4.35. The third-order valence-corrected chi connectivity index (χ3v) is 5.85. The number of carboxylic acid groups (broad SMARTS) is 1. The number of aromatic hydroxyl groups is 1. The van der Waals surface area contributed by atoms with Crippen LogP contribution in [0.3, 0.4) is 0 Å². The Morgan fingerprint density at radius 2 is 1.59 bits per heavy atom. The molecule has 174 valence electrons. The number of ether oxygens (including phenoxy) is 1. The van der Waals surface area contributed by atoms with Crippen molar-refractivity contribution in [2.24, 2.45) is 0 Å². The molecule has 4 N–H and O–H groups in total. The zero-order valence-corrected chi connectivity index (χ0v) is 18.6. The Bertz CT molecular complexity index is 1220. The molecule has 0 aromatic heterocycles. The molecule has 1 atom stereocenters. The molecule has 3 aromatic rings. The summed E-state index contributed by atoms with van der Waals surface area (Å²) >= 11 is 5.99. The molecule has 0 bridgehead atoms. The Kier molecular flexibility index (Phi) is 6.70. The van der Waals surface area contributed by atoms with Crippen LogP contribution < -0.4 is 10.6 Å². The van der Waals surface area contributed by atoms with Crippen LogP contribution >= 0.6 is 11.6 Å². The van der Waals surface area contributed by atoms with Crippen molar-refractivity contribution in [3.05, 3.63) is 82.9 Å². The minimum Gasteiger partial charge on any atom is -0.508 e. The molecule has 0 radical (unpaired) electrons. The van der Waals surface area contributed by atoms with Crippen LogP contribution in [-0.2, 0) is 14.3 Å². The van der Waals surface area contributed by atoms with Gasteiger partial charge in [0.05, 0.1) is 17.1 Å². The summed E-state index contributed by atoms with van der Waals surface area (Å²) in [6, 6.07) is 18.2. The number of alkyl carbamates (subject to hydrolysis) is 1. The van der Waals surface area contributed by atoms with Gasteiger partial charge in [-0.25, -0.2) is 4.79 Å². The number of aliphatic carboxylic acids is 1. The summed E-state index contributed by atoms with van der Waals surface area (Å²) in [6.45, 7) is 0.0189. The summed E-state index contributed by atoms with van der Waals surface area (Å²) in [5.74, 6) is -2.35. The molecule has 0 saturated heterocycles. The van der Waals surface area contributed by atoms with E-state index in [0.29, 0.717) is 0 Å². The summed E-state index contributed by atoms with van der Waals surface area (Å²) in [4.78, 5) is 36.4. The Morgan fingerprint density at radius 3 is 2.18 bits per heavy atom. The average Bonchev–Trinajstić information content (AvgIpc) is 3.12. The van der Waals surface area contributed by atoms with Crippen molar-refractivity contribution < 1.29 is 29.3 Å². The van der Waals surface area contributed by atoms with E-state index in [9.17, 15) is 24.6 Å². The lowest BCUT2D eigenvalue weighted by atomic mass is 9.98. The molecule has 1 unspecified atom stereocenters. The second kappa shape index (κ2) is 9.84. The quantitative estimate of drug-likeness (QED) is 0.372. The molecular formula is C25H21ClN2O6. The molecule has 2 amide bonds. The average molecular weight is 481 g/mol. The SMILES string of the molecule is O=C(O)CC(NC(=O)OCC1c2ccccc2-c2ccccc21)C(=O)Nc1ccc(O)cc1Cl. The highest BCUT2D eigenvalue weighted by Crippen LogP contribution is 2.44. The first-order valence-electron chi connectivity index (χ1n) is 10.5. The van der Waals surface area contributed by atoms with Gasteiger partial charge in [0.15, 0.2) is 0 Å². The van der Waals surface area contributed by atoms with Crippen molar-refractivity contribution in [2.45, 2.75) is 18.4 Å². The van der Waals surface area contributed by atoms with Gasteiger partial charge in [0.2, 0.25) is 5.91 Å². The molecule has 0 aliphatic heterocycles. The number of hydrogen-bond donors (Lipinski definition) is 4. The number of carbonyl (C=O) groups is 3. The molecule has 0 heterocycles. The van der Waals surface area contributed by atoms with Gasteiger partial charge in [0, 0.05) is 12.0 Å². The first kappa shape index (κ1) is 23.1. The van der Waals surface area contributed by atoms with Crippen LogP contribution in [-0.4, -0.2) is 40.8 Å². The number of amides is 2. The smallest absolute Gasteiger partial charge is 0.407 e. The lowest BCUT2D eigenvalue weighted by Gasteiger charge is -2.19. The third-order valence-electron chi connectivity index (χ3n) is 5.54. The summed E-state index contributed by atoms with van der Waals surface area (Å²) < 4.78 is 5.41. The number of carbonyl (C=O) groups excluding carboxylic acids is 2. The van der Waals surface area contributed by atoms with Crippen LogP contribution in [0.2, 0.25) is 5.02 Å². The van der Waals surface area contributed by atoms with E-state index in [4.69, 9.17) is 16.3 Å². The fourth-order valence-corrected chi connectivity index (χ4v) is 4.21. The van der Waals surface area contributed by atoms with Crippen molar-refractivity contribution in [3.63, 3.8) is 0 Å². The minimum absolute atomic E-state index is 0.0189. The van der Waals surface area contributed by atoms with Gasteiger partial charge in [-0.2, -0.15) is 0 Å². The van der Waals surface area contributed by atoms with Crippen LogP contribution in [0.5, 0.6) is 5.75 Å². The first-order chi connectivity index (χ1) is 16.3. The molecule has 34 heavy (non-hydrogen) atoms. The van der Waals surface area contributed by atoms with Crippen LogP contribution in [0.15, 0.2) is 66.7 Å². The van der Waals surface area contributed by atoms with Gasteiger partial charge in [0.1, 0.15) is 18.4 Å². The predicted octanol–water partition coefficient (Wildman–Crippen LogP) is 4.37. The van der Waals surface area contributed by atoms with Crippen LogP contribution in [0.4, 0.5) is 10.5 Å². The van der Waals surface area contributed by atoms with Crippen molar-refractivity contribution >= 4 is 35.3 Å². The number of benzene rings is 3. The van der Waals surface area contributed by atoms with E-state index in [1.165, 1.54) is 18.2 Å². The highest BCUT2D eigenvalue weighted by atomic mass is 35.5. The number of rotatable bonds is 7. The van der Waals surface area contributed by atoms with E-state index in [1.54, 1.807) is 0 Å². The molecule has 3 aromatic carbocycles. The standard InChI is InChI=1S/C25H21ClN2O6/c26-20-11-14(29)9-10-21(20)27-24(32)22(12-23(30)31)28-25(33)34-13-19-17-7-3-1-5-15(17)16-6-2-4-8-18(16)19/h1-11,19,22,29H,12-13H2,(H,27,32)(H,28,33)(H,30,31). The van der Waals surface area contributed by atoms with Crippen molar-refractivity contribution in [1.82, 2.24) is 5.32 Å². The predicted molar refractivity (Wildman–Crippen MR) is 126 cm³/mol. The fourth-order valence-electron chi connectivity index (χ4n) is 3.99. The number of fused-ring (bicyclic) bond motifs is 3. The fraction of sp³-hybridized carbons (Fsp3) is 0.160. The maximum Gasteiger partial charge on any atom is 0.407 e. The molecular weight excluding hydrogens is 460 g/mol. The number of carboxylic acids is 1. The molecule has 4 rings (SSSR count). The molecule has 1 aliphatic carbocycles. The summed E-state index contributed by atoms with van der Waals surface area (Å²) in [6.07, 6.45) is -1.58. The maximum absolute atomic E-state index is 12.6. The molecule has 8 nitrogen and oxygen atoms in total. The van der Waals surface area contributed by atoms with E-state index < -0.39 is 30.4 Å². The van der Waals surface area contributed by atoms with E-state index in [1.807, 2.05) is 48.5 Å². The molecule has 9 heteroatoms. The van der Waals surface area contributed by atoms with Crippen LogP contribution in [0.25, 0.3) is 11.1 Å². The number of anilines is 1. The van der Waals surface area contributed by atoms with Gasteiger partial charge in [-0.15, -0.1) is 0 Å². The van der Waals surface area contributed by atoms with E-state index >= 15 is 0 Å². The topological polar surface area (TPSA) is 125 Å². The van der Waals surface area contributed by atoms with Crippen molar-refractivity contribution in [3.8, 4) is 16.9 Å². The Hall–Kier alpha value is -4.04. The second-order valence-corrected chi connectivity index (χ2v) is 8.18. The van der Waals surface area contributed by atoms with Crippen molar-refractivity contribution in [2.75, 3.05) is 11.9 Å². The number of halogens is 1. The number of phenolic OH excluding ortho intramolecular Hbond substituents is 1. The Balaban J connectivity index is 1.43. The van der Waals surface area contributed by atoms with E-state index in [0.717, 1.165) is 22.3 Å². The van der Waals surface area contributed by atoms with Crippen LogP contribution in [0.1, 0.15) is 23.5 Å². The summed E-state index contributed by atoms with van der Waals surface area (Å²) in [5, 5.41) is 23.5. The lowest BCUT2D eigenvalue weighted by molar-refractivity contribution is -0.139. The van der Waals surface area contributed by atoms with Gasteiger partial charge < -0.3 is 25.6 Å². The zero-order valence-electron chi connectivity index (χ0n) is 17.8. The first-order valence-corrected chi connectivity index (χ1v) is 10.8. The maximum atomic E-state index is 12.6. The molecule has 0 saturated carbocycles. The zero-order chi connectivity index (χ0) is 24.2. The van der Waals surface area contributed by atoms with Crippen LogP contribution in [0, 0.1) is 0 Å². The Morgan fingerprint density at radius 1 is 0.971 bits per heavy atom. The van der Waals surface area contributed by atoms with Gasteiger partial charge in [-0.05, 0) is 34.4 Å². The van der Waals surface area contributed by atoms with Gasteiger partial charge >= 0.3 is 12.1 Å². The summed E-state index contributed by atoms with van der Waals surface area (Å²) in [7, 11) is 0. The highest BCUT2D eigenvalue weighted by molar-refractivity contribution is 6.33. The third kappa shape index (κ3) is 4.97. The normalized spacial score (nSPS) is 12.9. The second-order valence-electron chi connectivity index (χ2n) is 7.77. The number of phenols is 1. The monoisotopic (exact) mass is 480 g/mol. The van der Waals surface area contributed by atoms with E-state index in [-0.39, 0.29) is 29.0 Å².